The van der Waals surface area contributed by atoms with Gasteiger partial charge in [0.1, 0.15) is 5.82 Å². The number of anilines is 2. The van der Waals surface area contributed by atoms with E-state index in [9.17, 15) is 5.11 Å². The Kier molecular flexibility index (Phi) is 6.35. The summed E-state index contributed by atoms with van der Waals surface area (Å²) in [5.41, 5.74) is 1.77. The summed E-state index contributed by atoms with van der Waals surface area (Å²) < 4.78 is 5.67. The van der Waals surface area contributed by atoms with Crippen molar-refractivity contribution in [2.45, 2.75) is 38.8 Å². The number of nitrogens with zero attached hydrogens (tertiary/aromatic N) is 3. The first-order valence-corrected chi connectivity index (χ1v) is 9.18. The molecule has 0 unspecified atom stereocenters. The smallest absolute Gasteiger partial charge is 0.225 e. The van der Waals surface area contributed by atoms with Gasteiger partial charge in [0.25, 0.3) is 0 Å². The summed E-state index contributed by atoms with van der Waals surface area (Å²) in [6, 6.07) is 5.66. The van der Waals surface area contributed by atoms with Crippen molar-refractivity contribution in [2.75, 3.05) is 30.4 Å². The molecule has 7 nitrogen and oxygen atoms in total. The lowest BCUT2D eigenvalue weighted by molar-refractivity contribution is 0.120. The van der Waals surface area contributed by atoms with Crippen molar-refractivity contribution >= 4 is 11.8 Å². The minimum absolute atomic E-state index is 0.0270. The molecule has 3 heterocycles. The minimum Gasteiger partial charge on any atom is -0.394 e. The van der Waals surface area contributed by atoms with Gasteiger partial charge in [0.15, 0.2) is 0 Å². The zero-order valence-corrected chi connectivity index (χ0v) is 15.4. The van der Waals surface area contributed by atoms with Crippen molar-refractivity contribution in [1.82, 2.24) is 15.0 Å². The first kappa shape index (κ1) is 18.5. The van der Waals surface area contributed by atoms with E-state index in [1.807, 2.05) is 18.2 Å². The lowest BCUT2D eigenvalue weighted by atomic mass is 10.1. The van der Waals surface area contributed by atoms with Gasteiger partial charge >= 0.3 is 0 Å². The van der Waals surface area contributed by atoms with E-state index < -0.39 is 0 Å². The van der Waals surface area contributed by atoms with Gasteiger partial charge in [0, 0.05) is 37.2 Å². The van der Waals surface area contributed by atoms with E-state index in [2.05, 4.69) is 39.4 Å². The van der Waals surface area contributed by atoms with Crippen LogP contribution in [0.25, 0.3) is 11.3 Å². The molecule has 0 radical (unpaired) electrons. The Morgan fingerprint density at radius 3 is 2.73 bits per heavy atom. The maximum absolute atomic E-state index is 9.60. The maximum Gasteiger partial charge on any atom is 0.225 e. The van der Waals surface area contributed by atoms with Gasteiger partial charge in [-0.15, -0.1) is 0 Å². The Hall–Kier alpha value is -2.25. The fraction of sp³-hybridized carbons (Fsp3) is 0.526. The second-order valence-electron chi connectivity index (χ2n) is 6.89. The molecule has 2 atom stereocenters. The standard InChI is InChI=1S/C19H27N5O2/c1-13(2)17(12-25)23-19-22-16(14-5-7-20-8-6-14)10-18(24-19)21-11-15-4-3-9-26-15/h5-8,10,13,15,17,25H,3-4,9,11-12H2,1-2H3,(H2,21,22,23,24)/t15-,17+/m1/s1. The monoisotopic (exact) mass is 357 g/mol. The quantitative estimate of drug-likeness (QED) is 0.668. The zero-order chi connectivity index (χ0) is 18.4. The number of hydrogen-bond acceptors (Lipinski definition) is 7. The van der Waals surface area contributed by atoms with Crippen LogP contribution in [0.1, 0.15) is 26.7 Å². The van der Waals surface area contributed by atoms with Crippen LogP contribution in [0.5, 0.6) is 0 Å². The van der Waals surface area contributed by atoms with Gasteiger partial charge in [0.2, 0.25) is 5.95 Å². The summed E-state index contributed by atoms with van der Waals surface area (Å²) in [7, 11) is 0. The fourth-order valence-corrected chi connectivity index (χ4v) is 2.89. The van der Waals surface area contributed by atoms with Crippen LogP contribution in [0.3, 0.4) is 0 Å². The topological polar surface area (TPSA) is 92.2 Å². The Labute approximate surface area is 154 Å². The van der Waals surface area contributed by atoms with E-state index in [4.69, 9.17) is 4.74 Å². The van der Waals surface area contributed by atoms with Crippen molar-refractivity contribution in [1.29, 1.82) is 0 Å². The average molecular weight is 357 g/mol. The molecule has 26 heavy (non-hydrogen) atoms. The van der Waals surface area contributed by atoms with Crippen LogP contribution in [0.4, 0.5) is 11.8 Å². The highest BCUT2D eigenvalue weighted by atomic mass is 16.5. The van der Waals surface area contributed by atoms with Crippen LogP contribution in [-0.2, 0) is 4.74 Å². The van der Waals surface area contributed by atoms with Crippen molar-refractivity contribution in [2.24, 2.45) is 5.92 Å². The molecule has 7 heteroatoms. The third-order valence-electron chi connectivity index (χ3n) is 4.55. The first-order chi connectivity index (χ1) is 12.7. The number of rotatable bonds is 8. The van der Waals surface area contributed by atoms with Crippen molar-refractivity contribution < 1.29 is 9.84 Å². The number of ether oxygens (including phenoxy) is 1. The fourth-order valence-electron chi connectivity index (χ4n) is 2.89. The number of nitrogens with one attached hydrogen (secondary N) is 2. The van der Waals surface area contributed by atoms with Gasteiger partial charge < -0.3 is 20.5 Å². The predicted octanol–water partition coefficient (Wildman–Crippen LogP) is 2.56. The third-order valence-corrected chi connectivity index (χ3v) is 4.55. The molecule has 0 amide bonds. The molecule has 1 aliphatic rings. The van der Waals surface area contributed by atoms with E-state index >= 15 is 0 Å². The van der Waals surface area contributed by atoms with Crippen molar-refractivity contribution in [3.8, 4) is 11.3 Å². The van der Waals surface area contributed by atoms with Crippen LogP contribution in [0.15, 0.2) is 30.6 Å². The van der Waals surface area contributed by atoms with Gasteiger partial charge in [-0.25, -0.2) is 4.98 Å². The molecular weight excluding hydrogens is 330 g/mol. The van der Waals surface area contributed by atoms with Crippen LogP contribution < -0.4 is 10.6 Å². The van der Waals surface area contributed by atoms with Crippen LogP contribution in [0.2, 0.25) is 0 Å². The maximum atomic E-state index is 9.60. The molecule has 0 spiro atoms. The average Bonchev–Trinajstić information content (AvgIpc) is 3.18. The number of hydrogen-bond donors (Lipinski definition) is 3. The van der Waals surface area contributed by atoms with Gasteiger partial charge in [0.05, 0.1) is 24.4 Å². The molecular formula is C19H27N5O2. The molecule has 0 aromatic carbocycles. The van der Waals surface area contributed by atoms with Crippen molar-refractivity contribution in [3.63, 3.8) is 0 Å². The Morgan fingerprint density at radius 2 is 2.08 bits per heavy atom. The number of aliphatic hydroxyl groups is 1. The van der Waals surface area contributed by atoms with Gasteiger partial charge in [-0.1, -0.05) is 13.8 Å². The lowest BCUT2D eigenvalue weighted by Gasteiger charge is -2.21. The lowest BCUT2D eigenvalue weighted by Crippen LogP contribution is -2.30. The molecule has 2 aromatic heterocycles. The molecule has 3 rings (SSSR count). The zero-order valence-electron chi connectivity index (χ0n) is 15.4. The van der Waals surface area contributed by atoms with Gasteiger partial charge in [-0.05, 0) is 30.9 Å². The van der Waals surface area contributed by atoms with Crippen molar-refractivity contribution in [3.05, 3.63) is 30.6 Å². The Morgan fingerprint density at radius 1 is 1.27 bits per heavy atom. The first-order valence-electron chi connectivity index (χ1n) is 9.18. The second-order valence-corrected chi connectivity index (χ2v) is 6.89. The Bertz CT molecular complexity index is 690. The molecule has 0 saturated carbocycles. The van der Waals surface area contributed by atoms with Crippen LogP contribution in [-0.4, -0.2) is 52.0 Å². The highest BCUT2D eigenvalue weighted by Gasteiger charge is 2.17. The summed E-state index contributed by atoms with van der Waals surface area (Å²) in [4.78, 5) is 13.3. The molecule has 1 aliphatic heterocycles. The second kappa shape index (κ2) is 8.91. The largest absolute Gasteiger partial charge is 0.394 e. The summed E-state index contributed by atoms with van der Waals surface area (Å²) >= 11 is 0. The predicted molar refractivity (Wildman–Crippen MR) is 102 cm³/mol. The highest BCUT2D eigenvalue weighted by Crippen LogP contribution is 2.22. The minimum atomic E-state index is -0.103. The number of aliphatic hydroxyl groups excluding tert-OH is 1. The normalized spacial score (nSPS) is 18.1. The SMILES string of the molecule is CC(C)[C@H](CO)Nc1nc(NC[C@H]2CCCO2)cc(-c2ccncc2)n1. The molecule has 2 aromatic rings. The summed E-state index contributed by atoms with van der Waals surface area (Å²) in [5, 5.41) is 16.2. The third kappa shape index (κ3) is 4.89. The summed E-state index contributed by atoms with van der Waals surface area (Å²) in [6.07, 6.45) is 5.90. The van der Waals surface area contributed by atoms with E-state index in [0.29, 0.717) is 5.95 Å². The molecule has 0 aliphatic carbocycles. The van der Waals surface area contributed by atoms with Gasteiger partial charge in [-0.3, -0.25) is 4.98 Å². The molecule has 140 valence electrons. The highest BCUT2D eigenvalue weighted by molar-refractivity contribution is 5.64. The van der Waals surface area contributed by atoms with Gasteiger partial charge in [-0.2, -0.15) is 4.98 Å². The summed E-state index contributed by atoms with van der Waals surface area (Å²) in [6.45, 7) is 5.69. The Balaban J connectivity index is 1.83. The van der Waals surface area contributed by atoms with E-state index in [-0.39, 0.29) is 24.7 Å². The summed E-state index contributed by atoms with van der Waals surface area (Å²) in [5.74, 6) is 1.50. The van der Waals surface area contributed by atoms with Crippen LogP contribution in [0, 0.1) is 5.92 Å². The van der Waals surface area contributed by atoms with E-state index in [0.717, 1.165) is 43.1 Å². The van der Waals surface area contributed by atoms with E-state index in [1.54, 1.807) is 12.4 Å². The van der Waals surface area contributed by atoms with E-state index in [1.165, 1.54) is 0 Å². The molecule has 0 bridgehead atoms. The molecule has 1 saturated heterocycles. The number of aromatic nitrogens is 3. The number of pyridine rings is 1. The van der Waals surface area contributed by atoms with Crippen LogP contribution >= 0.6 is 0 Å². The molecule has 1 fully saturated rings. The molecule has 3 N–H and O–H groups in total.